The molecule has 0 atom stereocenters. The first-order valence-corrected chi connectivity index (χ1v) is 5.50. The average molecular weight is 193 g/mol. The molecule has 0 spiro atoms. The SMILES string of the molecule is c1cc(CNCCN2CCCC2)c[nH]1. The maximum Gasteiger partial charge on any atom is 0.0220 e. The van der Waals surface area contributed by atoms with Gasteiger partial charge in [0.2, 0.25) is 0 Å². The Morgan fingerprint density at radius 3 is 2.93 bits per heavy atom. The summed E-state index contributed by atoms with van der Waals surface area (Å²) in [7, 11) is 0. The number of hydrogen-bond donors (Lipinski definition) is 2. The van der Waals surface area contributed by atoms with Crippen molar-refractivity contribution in [3.8, 4) is 0 Å². The molecule has 0 aliphatic carbocycles. The van der Waals surface area contributed by atoms with Crippen LogP contribution in [0.1, 0.15) is 18.4 Å². The standard InChI is InChI=1S/C11H19N3/c1-2-7-14(6-1)8-5-13-10-11-3-4-12-9-11/h3-4,9,12-13H,1-2,5-8,10H2. The maximum absolute atomic E-state index is 3.45. The highest BCUT2D eigenvalue weighted by Crippen LogP contribution is 2.05. The summed E-state index contributed by atoms with van der Waals surface area (Å²) in [5, 5.41) is 3.45. The zero-order valence-corrected chi connectivity index (χ0v) is 8.63. The maximum atomic E-state index is 3.45. The summed E-state index contributed by atoms with van der Waals surface area (Å²) in [5.74, 6) is 0. The molecular weight excluding hydrogens is 174 g/mol. The zero-order chi connectivity index (χ0) is 9.64. The predicted octanol–water partition coefficient (Wildman–Crippen LogP) is 1.20. The molecule has 0 unspecified atom stereocenters. The first-order chi connectivity index (χ1) is 6.95. The molecule has 0 bridgehead atoms. The summed E-state index contributed by atoms with van der Waals surface area (Å²) in [5.41, 5.74) is 1.34. The number of H-pyrrole nitrogens is 1. The Balaban J connectivity index is 1.55. The minimum atomic E-state index is 0.983. The van der Waals surface area contributed by atoms with E-state index in [4.69, 9.17) is 0 Å². The van der Waals surface area contributed by atoms with Crippen LogP contribution in [0, 0.1) is 0 Å². The van der Waals surface area contributed by atoms with E-state index < -0.39 is 0 Å². The molecule has 1 aliphatic rings. The molecule has 0 amide bonds. The molecule has 0 radical (unpaired) electrons. The lowest BCUT2D eigenvalue weighted by Crippen LogP contribution is -2.29. The highest BCUT2D eigenvalue weighted by molar-refractivity contribution is 5.07. The van der Waals surface area contributed by atoms with Gasteiger partial charge in [-0.05, 0) is 37.6 Å². The molecule has 3 nitrogen and oxygen atoms in total. The highest BCUT2D eigenvalue weighted by Gasteiger charge is 2.09. The van der Waals surface area contributed by atoms with Gasteiger partial charge in [0, 0.05) is 32.0 Å². The van der Waals surface area contributed by atoms with Crippen molar-refractivity contribution >= 4 is 0 Å². The first-order valence-electron chi connectivity index (χ1n) is 5.50. The molecule has 1 saturated heterocycles. The van der Waals surface area contributed by atoms with Gasteiger partial charge in [0.1, 0.15) is 0 Å². The topological polar surface area (TPSA) is 31.1 Å². The number of rotatable bonds is 5. The first kappa shape index (κ1) is 9.74. The lowest BCUT2D eigenvalue weighted by Gasteiger charge is -2.14. The van der Waals surface area contributed by atoms with Crippen molar-refractivity contribution in [3.05, 3.63) is 24.0 Å². The van der Waals surface area contributed by atoms with Gasteiger partial charge in [-0.2, -0.15) is 0 Å². The summed E-state index contributed by atoms with van der Waals surface area (Å²) < 4.78 is 0. The Bertz CT molecular complexity index is 237. The molecule has 1 aliphatic heterocycles. The summed E-state index contributed by atoms with van der Waals surface area (Å²) in [6.07, 6.45) is 6.79. The lowest BCUT2D eigenvalue weighted by atomic mass is 10.3. The van der Waals surface area contributed by atoms with E-state index in [-0.39, 0.29) is 0 Å². The van der Waals surface area contributed by atoms with Gasteiger partial charge in [-0.25, -0.2) is 0 Å². The fourth-order valence-corrected chi connectivity index (χ4v) is 1.94. The van der Waals surface area contributed by atoms with Crippen LogP contribution in [0.4, 0.5) is 0 Å². The Hall–Kier alpha value is -0.800. The highest BCUT2D eigenvalue weighted by atomic mass is 15.1. The molecule has 1 aromatic heterocycles. The Kier molecular flexibility index (Phi) is 3.60. The number of nitrogens with one attached hydrogen (secondary N) is 2. The molecule has 1 fully saturated rings. The van der Waals surface area contributed by atoms with Crippen molar-refractivity contribution in [1.82, 2.24) is 15.2 Å². The van der Waals surface area contributed by atoms with Crippen molar-refractivity contribution < 1.29 is 0 Å². The fourth-order valence-electron chi connectivity index (χ4n) is 1.94. The van der Waals surface area contributed by atoms with Gasteiger partial charge in [-0.1, -0.05) is 0 Å². The van der Waals surface area contributed by atoms with Crippen LogP contribution in [0.2, 0.25) is 0 Å². The Labute approximate surface area is 85.5 Å². The number of nitrogens with zero attached hydrogens (tertiary/aromatic N) is 1. The van der Waals surface area contributed by atoms with Crippen LogP contribution in [-0.4, -0.2) is 36.1 Å². The van der Waals surface area contributed by atoms with Gasteiger partial charge in [0.05, 0.1) is 0 Å². The Morgan fingerprint density at radius 2 is 2.21 bits per heavy atom. The molecule has 2 rings (SSSR count). The second-order valence-electron chi connectivity index (χ2n) is 3.94. The Morgan fingerprint density at radius 1 is 1.36 bits per heavy atom. The predicted molar refractivity (Wildman–Crippen MR) is 58.2 cm³/mol. The van der Waals surface area contributed by atoms with Crippen LogP contribution in [0.25, 0.3) is 0 Å². The molecule has 78 valence electrons. The van der Waals surface area contributed by atoms with Gasteiger partial charge in [0.25, 0.3) is 0 Å². The van der Waals surface area contributed by atoms with Crippen molar-refractivity contribution in [2.45, 2.75) is 19.4 Å². The van der Waals surface area contributed by atoms with E-state index >= 15 is 0 Å². The second kappa shape index (κ2) is 5.17. The smallest absolute Gasteiger partial charge is 0.0220 e. The van der Waals surface area contributed by atoms with Crippen molar-refractivity contribution in [2.24, 2.45) is 0 Å². The number of likely N-dealkylation sites (tertiary alicyclic amines) is 1. The minimum Gasteiger partial charge on any atom is -0.367 e. The van der Waals surface area contributed by atoms with Crippen LogP contribution >= 0.6 is 0 Å². The van der Waals surface area contributed by atoms with E-state index in [0.717, 1.165) is 13.1 Å². The molecular formula is C11H19N3. The third-order valence-corrected chi connectivity index (χ3v) is 2.79. The summed E-state index contributed by atoms with van der Waals surface area (Å²) in [4.78, 5) is 5.59. The molecule has 14 heavy (non-hydrogen) atoms. The van der Waals surface area contributed by atoms with E-state index in [0.29, 0.717) is 0 Å². The van der Waals surface area contributed by atoms with E-state index in [2.05, 4.69) is 21.3 Å². The van der Waals surface area contributed by atoms with Gasteiger partial charge < -0.3 is 15.2 Å². The van der Waals surface area contributed by atoms with Crippen LogP contribution in [-0.2, 0) is 6.54 Å². The third kappa shape index (κ3) is 2.86. The van der Waals surface area contributed by atoms with E-state index in [9.17, 15) is 0 Å². The van der Waals surface area contributed by atoms with Gasteiger partial charge in [-0.3, -0.25) is 0 Å². The monoisotopic (exact) mass is 193 g/mol. The molecule has 0 aromatic carbocycles. The third-order valence-electron chi connectivity index (χ3n) is 2.79. The average Bonchev–Trinajstić information content (AvgIpc) is 2.86. The normalized spacial score (nSPS) is 17.7. The summed E-state index contributed by atoms with van der Waals surface area (Å²) in [6.45, 7) is 5.88. The van der Waals surface area contributed by atoms with Crippen LogP contribution in [0.5, 0.6) is 0 Å². The second-order valence-corrected chi connectivity index (χ2v) is 3.94. The molecule has 2 heterocycles. The van der Waals surface area contributed by atoms with E-state index in [1.54, 1.807) is 0 Å². The number of hydrogen-bond acceptors (Lipinski definition) is 2. The fraction of sp³-hybridized carbons (Fsp3) is 0.636. The van der Waals surface area contributed by atoms with Crippen molar-refractivity contribution in [1.29, 1.82) is 0 Å². The molecule has 3 heteroatoms. The zero-order valence-electron chi connectivity index (χ0n) is 8.63. The van der Waals surface area contributed by atoms with Crippen molar-refractivity contribution in [2.75, 3.05) is 26.2 Å². The van der Waals surface area contributed by atoms with Gasteiger partial charge in [0.15, 0.2) is 0 Å². The van der Waals surface area contributed by atoms with Gasteiger partial charge in [-0.15, -0.1) is 0 Å². The van der Waals surface area contributed by atoms with Crippen LogP contribution in [0.15, 0.2) is 18.5 Å². The van der Waals surface area contributed by atoms with Gasteiger partial charge >= 0.3 is 0 Å². The molecule has 1 aromatic rings. The summed E-state index contributed by atoms with van der Waals surface area (Å²) >= 11 is 0. The van der Waals surface area contributed by atoms with E-state index in [1.807, 2.05) is 12.4 Å². The van der Waals surface area contributed by atoms with E-state index in [1.165, 1.54) is 38.0 Å². The summed E-state index contributed by atoms with van der Waals surface area (Å²) in [6, 6.07) is 2.11. The van der Waals surface area contributed by atoms with Crippen molar-refractivity contribution in [3.63, 3.8) is 0 Å². The molecule has 0 saturated carbocycles. The van der Waals surface area contributed by atoms with Crippen LogP contribution in [0.3, 0.4) is 0 Å². The van der Waals surface area contributed by atoms with Crippen LogP contribution < -0.4 is 5.32 Å². The minimum absolute atomic E-state index is 0.983. The molecule has 2 N–H and O–H groups in total. The quantitative estimate of drug-likeness (QED) is 0.688. The largest absolute Gasteiger partial charge is 0.367 e. The number of aromatic nitrogens is 1. The number of aromatic amines is 1. The lowest BCUT2D eigenvalue weighted by molar-refractivity contribution is 0.335.